The fraction of sp³-hybridized carbons (Fsp3) is 0.583. The number of rotatable bonds is 14. The van der Waals surface area contributed by atoms with Crippen molar-refractivity contribution in [2.45, 2.75) is 71.4 Å². The summed E-state index contributed by atoms with van der Waals surface area (Å²) in [5, 5.41) is 8.65. The third kappa shape index (κ3) is 9.51. The number of aliphatic imine (C=N–C) groups is 1. The molecule has 3 amide bonds. The fourth-order valence-corrected chi connectivity index (χ4v) is 3.35. The summed E-state index contributed by atoms with van der Waals surface area (Å²) in [5.41, 5.74) is 10.8. The summed E-state index contributed by atoms with van der Waals surface area (Å²) >= 11 is 0. The van der Waals surface area contributed by atoms with Crippen molar-refractivity contribution in [2.24, 2.45) is 22.4 Å². The highest BCUT2D eigenvalue weighted by molar-refractivity contribution is 5.95. The van der Waals surface area contributed by atoms with Crippen molar-refractivity contribution >= 4 is 23.7 Å². The van der Waals surface area contributed by atoms with Crippen LogP contribution in [0.5, 0.6) is 0 Å². The van der Waals surface area contributed by atoms with Crippen molar-refractivity contribution in [2.75, 3.05) is 13.1 Å². The Morgan fingerprint density at radius 1 is 1.03 bits per heavy atom. The molecule has 1 aromatic rings. The van der Waals surface area contributed by atoms with Crippen LogP contribution in [0.15, 0.2) is 35.3 Å². The average Bonchev–Trinajstić information content (AvgIpc) is 2.79. The number of guanidine groups is 1. The van der Waals surface area contributed by atoms with Gasteiger partial charge in [0.1, 0.15) is 11.6 Å². The van der Waals surface area contributed by atoms with Crippen LogP contribution in [-0.2, 0) is 20.8 Å². The first-order chi connectivity index (χ1) is 15.6. The highest BCUT2D eigenvalue weighted by Crippen LogP contribution is 2.17. The lowest BCUT2D eigenvalue weighted by molar-refractivity contribution is -0.137. The van der Waals surface area contributed by atoms with Crippen LogP contribution < -0.4 is 27.4 Å². The van der Waals surface area contributed by atoms with E-state index in [1.165, 1.54) is 0 Å². The number of benzene rings is 1. The molecule has 0 aliphatic rings. The zero-order valence-electron chi connectivity index (χ0n) is 20.3. The number of nitrogens with two attached hydrogens (primary N) is 2. The molecule has 9 heteroatoms. The zero-order chi connectivity index (χ0) is 24.9. The largest absolute Gasteiger partial charge is 0.370 e. The van der Waals surface area contributed by atoms with Gasteiger partial charge in [-0.15, -0.1) is 0 Å². The molecular formula is C24H40N6O3. The Labute approximate surface area is 197 Å². The number of nitrogens with zero attached hydrogens (tertiary/aromatic N) is 1. The Hall–Kier alpha value is -3.10. The molecule has 0 saturated heterocycles. The number of carbonyl (C=O) groups is 3. The van der Waals surface area contributed by atoms with Gasteiger partial charge in [-0.3, -0.25) is 19.4 Å². The van der Waals surface area contributed by atoms with Gasteiger partial charge in [0.15, 0.2) is 5.96 Å². The summed E-state index contributed by atoms with van der Waals surface area (Å²) < 4.78 is 0. The molecule has 0 radical (unpaired) electrons. The molecule has 184 valence electrons. The van der Waals surface area contributed by atoms with Crippen LogP contribution in [0.2, 0.25) is 0 Å². The lowest BCUT2D eigenvalue weighted by atomic mass is 9.90. The molecular weight excluding hydrogens is 420 g/mol. The number of amides is 3. The summed E-state index contributed by atoms with van der Waals surface area (Å²) in [6, 6.07) is 9.06. The van der Waals surface area contributed by atoms with Crippen molar-refractivity contribution in [3.8, 4) is 0 Å². The van der Waals surface area contributed by atoms with Crippen LogP contribution in [0.1, 0.15) is 58.9 Å². The summed E-state index contributed by atoms with van der Waals surface area (Å²) in [6.45, 7) is 8.03. The molecule has 1 rings (SSSR count). The van der Waals surface area contributed by atoms with Gasteiger partial charge in [0, 0.05) is 19.0 Å². The molecule has 0 spiro atoms. The van der Waals surface area contributed by atoms with Gasteiger partial charge in [0.05, 0.1) is 0 Å². The SMILES string of the molecule is CCC(CC)(NC(=O)C(C)C)C(=O)N[C@@H](CCCN=C(N)N)C(=O)NCCc1ccccc1. The number of hydrogen-bond donors (Lipinski definition) is 5. The molecule has 0 aromatic heterocycles. The third-order valence-corrected chi connectivity index (χ3v) is 5.65. The predicted octanol–water partition coefficient (Wildman–Crippen LogP) is 1.21. The minimum absolute atomic E-state index is 0.0183. The number of nitrogens with one attached hydrogen (secondary N) is 3. The molecule has 0 aliphatic carbocycles. The lowest BCUT2D eigenvalue weighted by Crippen LogP contribution is -2.62. The normalized spacial score (nSPS) is 12.0. The summed E-state index contributed by atoms with van der Waals surface area (Å²) in [6.07, 6.45) is 2.37. The van der Waals surface area contributed by atoms with Crippen LogP contribution in [0.25, 0.3) is 0 Å². The maximum Gasteiger partial charge on any atom is 0.246 e. The molecule has 0 saturated carbocycles. The number of carbonyl (C=O) groups excluding carboxylic acids is 3. The second-order valence-corrected chi connectivity index (χ2v) is 8.43. The van der Waals surface area contributed by atoms with Crippen molar-refractivity contribution in [3.05, 3.63) is 35.9 Å². The Morgan fingerprint density at radius 3 is 2.21 bits per heavy atom. The Kier molecular flexibility index (Phi) is 12.0. The highest BCUT2D eigenvalue weighted by atomic mass is 16.2. The zero-order valence-corrected chi connectivity index (χ0v) is 20.3. The van der Waals surface area contributed by atoms with Crippen LogP contribution in [0.3, 0.4) is 0 Å². The summed E-state index contributed by atoms with van der Waals surface area (Å²) in [7, 11) is 0. The van der Waals surface area contributed by atoms with Gasteiger partial charge in [0.25, 0.3) is 0 Å². The van der Waals surface area contributed by atoms with Crippen molar-refractivity contribution in [3.63, 3.8) is 0 Å². The second kappa shape index (κ2) is 14.1. The van der Waals surface area contributed by atoms with Gasteiger partial charge in [-0.25, -0.2) is 0 Å². The fourth-order valence-electron chi connectivity index (χ4n) is 3.35. The van der Waals surface area contributed by atoms with Gasteiger partial charge < -0.3 is 27.4 Å². The molecule has 1 aromatic carbocycles. The topological polar surface area (TPSA) is 152 Å². The van der Waals surface area contributed by atoms with Crippen LogP contribution in [-0.4, -0.2) is 48.4 Å². The molecule has 0 bridgehead atoms. The Bertz CT molecular complexity index is 787. The minimum atomic E-state index is -1.08. The first-order valence-corrected chi connectivity index (χ1v) is 11.6. The lowest BCUT2D eigenvalue weighted by Gasteiger charge is -2.33. The van der Waals surface area contributed by atoms with Gasteiger partial charge in [-0.2, -0.15) is 0 Å². The van der Waals surface area contributed by atoms with E-state index in [9.17, 15) is 14.4 Å². The van der Waals surface area contributed by atoms with E-state index in [0.717, 1.165) is 5.56 Å². The second-order valence-electron chi connectivity index (χ2n) is 8.43. The Balaban J connectivity index is 2.89. The average molecular weight is 461 g/mol. The van der Waals surface area contributed by atoms with E-state index in [1.54, 1.807) is 13.8 Å². The quantitative estimate of drug-likeness (QED) is 0.161. The standard InChI is InChI=1S/C24H40N6O3/c1-5-24(6-2,30-20(31)17(3)4)22(33)29-19(13-10-15-28-23(25)26)21(32)27-16-14-18-11-8-7-9-12-18/h7-9,11-12,17,19H,5-6,10,13-16H2,1-4H3,(H,27,32)(H,29,33)(H,30,31)(H4,25,26,28)/t19-/m0/s1. The van der Waals surface area contributed by atoms with Gasteiger partial charge in [-0.1, -0.05) is 58.0 Å². The predicted molar refractivity (Wildman–Crippen MR) is 131 cm³/mol. The van der Waals surface area contributed by atoms with E-state index in [4.69, 9.17) is 11.5 Å². The van der Waals surface area contributed by atoms with E-state index in [1.807, 2.05) is 44.2 Å². The van der Waals surface area contributed by atoms with E-state index < -0.39 is 11.6 Å². The Morgan fingerprint density at radius 2 is 1.67 bits per heavy atom. The number of hydrogen-bond acceptors (Lipinski definition) is 4. The van der Waals surface area contributed by atoms with E-state index in [2.05, 4.69) is 20.9 Å². The van der Waals surface area contributed by atoms with Crippen molar-refractivity contribution in [1.82, 2.24) is 16.0 Å². The van der Waals surface area contributed by atoms with Crippen LogP contribution in [0.4, 0.5) is 0 Å². The molecule has 1 atom stereocenters. The monoisotopic (exact) mass is 460 g/mol. The molecule has 0 aliphatic heterocycles. The van der Waals surface area contributed by atoms with Crippen LogP contribution >= 0.6 is 0 Å². The third-order valence-electron chi connectivity index (χ3n) is 5.65. The van der Waals surface area contributed by atoms with Gasteiger partial charge >= 0.3 is 0 Å². The first-order valence-electron chi connectivity index (χ1n) is 11.6. The van der Waals surface area contributed by atoms with E-state index >= 15 is 0 Å². The van der Waals surface area contributed by atoms with E-state index in [-0.39, 0.29) is 29.6 Å². The molecule has 0 heterocycles. The maximum absolute atomic E-state index is 13.3. The maximum atomic E-state index is 13.3. The van der Waals surface area contributed by atoms with Gasteiger partial charge in [0.2, 0.25) is 17.7 Å². The molecule has 7 N–H and O–H groups in total. The molecule has 0 unspecified atom stereocenters. The smallest absolute Gasteiger partial charge is 0.246 e. The molecule has 33 heavy (non-hydrogen) atoms. The van der Waals surface area contributed by atoms with Crippen LogP contribution in [0, 0.1) is 5.92 Å². The first kappa shape index (κ1) is 27.9. The van der Waals surface area contributed by atoms with E-state index in [0.29, 0.717) is 45.2 Å². The summed E-state index contributed by atoms with van der Waals surface area (Å²) in [5.74, 6) is -1.13. The van der Waals surface area contributed by atoms with Crippen molar-refractivity contribution < 1.29 is 14.4 Å². The minimum Gasteiger partial charge on any atom is -0.370 e. The summed E-state index contributed by atoms with van der Waals surface area (Å²) in [4.78, 5) is 42.5. The highest BCUT2D eigenvalue weighted by Gasteiger charge is 2.38. The molecule has 9 nitrogen and oxygen atoms in total. The van der Waals surface area contributed by atoms with Crippen molar-refractivity contribution in [1.29, 1.82) is 0 Å². The molecule has 0 fully saturated rings. The van der Waals surface area contributed by atoms with Gasteiger partial charge in [-0.05, 0) is 37.7 Å².